The van der Waals surface area contributed by atoms with E-state index in [1.807, 2.05) is 0 Å². The van der Waals surface area contributed by atoms with E-state index in [1.54, 1.807) is 0 Å². The van der Waals surface area contributed by atoms with Crippen molar-refractivity contribution in [1.29, 1.82) is 0 Å². The van der Waals surface area contributed by atoms with Crippen molar-refractivity contribution in [2.75, 3.05) is 0 Å². The minimum Gasteiger partial charge on any atom is -0.173 e. The maximum Gasteiger partial charge on any atom is 0.113 e. The predicted octanol–water partition coefficient (Wildman–Crippen LogP) is 4.50. The Bertz CT molecular complexity index is 875. The van der Waals surface area contributed by atoms with Crippen molar-refractivity contribution < 1.29 is 0 Å². The van der Waals surface area contributed by atoms with Crippen LogP contribution in [0.25, 0.3) is 22.2 Å². The zero-order valence-electron chi connectivity index (χ0n) is 12.2. The largest absolute Gasteiger partial charge is 0.173 e. The molecule has 2 nitrogen and oxygen atoms in total. The highest BCUT2D eigenvalue weighted by Gasteiger charge is 2.27. The van der Waals surface area contributed by atoms with Crippen molar-refractivity contribution in [2.24, 2.45) is 0 Å². The van der Waals surface area contributed by atoms with Crippen molar-refractivity contribution in [3.63, 3.8) is 0 Å². The van der Waals surface area contributed by atoms with Gasteiger partial charge in [0.05, 0.1) is 11.7 Å². The molecule has 100 valence electrons. The molecule has 3 heteroatoms. The summed E-state index contributed by atoms with van der Waals surface area (Å²) in [5.41, 5.74) is 13.3. The molecule has 0 spiro atoms. The molecule has 0 amide bonds. The third-order valence-corrected chi connectivity index (χ3v) is 5.42. The second-order valence-corrected chi connectivity index (χ2v) is 6.30. The molecule has 0 radical (unpaired) electrons. The summed E-state index contributed by atoms with van der Waals surface area (Å²) in [4.78, 5) is 0. The molecule has 0 saturated heterocycles. The molecule has 0 atom stereocenters. The first-order valence-corrected chi connectivity index (χ1v) is 7.66. The fraction of sp³-hybridized carbons (Fsp3) is 0.294. The molecule has 0 bridgehead atoms. The summed E-state index contributed by atoms with van der Waals surface area (Å²) >= 11 is 1.32. The first-order valence-electron chi connectivity index (χ1n) is 6.93. The van der Waals surface area contributed by atoms with Gasteiger partial charge in [-0.25, -0.2) is 0 Å². The molecule has 1 aliphatic rings. The topological polar surface area (TPSA) is 25.8 Å². The molecule has 1 aliphatic carbocycles. The summed E-state index contributed by atoms with van der Waals surface area (Å²) in [7, 11) is 0. The van der Waals surface area contributed by atoms with Crippen LogP contribution in [-0.2, 0) is 6.42 Å². The standard InChI is InChI=1S/C17H16N2S/c1-8-5-6-12-13(9(8)2)7-14-10(3)11(4)16-17(15(12)14)19-20-18-16/h5-6H,7H2,1-4H3. The lowest BCUT2D eigenvalue weighted by Gasteiger charge is -2.09. The van der Waals surface area contributed by atoms with E-state index in [1.165, 1.54) is 56.2 Å². The fourth-order valence-electron chi connectivity index (χ4n) is 3.36. The van der Waals surface area contributed by atoms with Crippen LogP contribution in [-0.4, -0.2) is 8.75 Å². The summed E-state index contributed by atoms with van der Waals surface area (Å²) in [5, 5.41) is 0. The normalized spacial score (nSPS) is 12.8. The van der Waals surface area contributed by atoms with Crippen LogP contribution in [0.15, 0.2) is 12.1 Å². The third kappa shape index (κ3) is 1.33. The average molecular weight is 280 g/mol. The molecular formula is C17H16N2S. The molecule has 0 N–H and O–H groups in total. The summed E-state index contributed by atoms with van der Waals surface area (Å²) in [6.45, 7) is 8.82. The van der Waals surface area contributed by atoms with Crippen LogP contribution in [0.1, 0.15) is 33.4 Å². The molecule has 0 unspecified atom stereocenters. The van der Waals surface area contributed by atoms with Gasteiger partial charge in [0.1, 0.15) is 11.0 Å². The van der Waals surface area contributed by atoms with Crippen LogP contribution >= 0.6 is 11.7 Å². The molecular weight excluding hydrogens is 264 g/mol. The van der Waals surface area contributed by atoms with Crippen LogP contribution < -0.4 is 0 Å². The first-order chi connectivity index (χ1) is 9.59. The summed E-state index contributed by atoms with van der Waals surface area (Å²) < 4.78 is 9.07. The highest BCUT2D eigenvalue weighted by molar-refractivity contribution is 7.00. The second-order valence-electron chi connectivity index (χ2n) is 5.78. The lowest BCUT2D eigenvalue weighted by Crippen LogP contribution is -1.93. The predicted molar refractivity (Wildman–Crippen MR) is 84.6 cm³/mol. The van der Waals surface area contributed by atoms with Crippen LogP contribution in [0, 0.1) is 27.7 Å². The first kappa shape index (κ1) is 12.0. The SMILES string of the molecule is Cc1ccc2c(c1C)Cc1c(C)c(C)c3nsnc3c1-2. The van der Waals surface area contributed by atoms with Gasteiger partial charge in [0.15, 0.2) is 0 Å². The van der Waals surface area contributed by atoms with Crippen molar-refractivity contribution in [2.45, 2.75) is 34.1 Å². The number of fused-ring (bicyclic) bond motifs is 5. The minimum absolute atomic E-state index is 1.04. The lowest BCUT2D eigenvalue weighted by molar-refractivity contribution is 1.16. The smallest absolute Gasteiger partial charge is 0.113 e. The van der Waals surface area contributed by atoms with E-state index in [-0.39, 0.29) is 0 Å². The number of aromatic nitrogens is 2. The van der Waals surface area contributed by atoms with Gasteiger partial charge < -0.3 is 0 Å². The molecule has 0 fully saturated rings. The van der Waals surface area contributed by atoms with Crippen molar-refractivity contribution in [3.8, 4) is 11.1 Å². The van der Waals surface area contributed by atoms with Crippen LogP contribution in [0.4, 0.5) is 0 Å². The van der Waals surface area contributed by atoms with Gasteiger partial charge in [-0.05, 0) is 73.1 Å². The van der Waals surface area contributed by atoms with E-state index in [9.17, 15) is 0 Å². The Morgan fingerprint density at radius 2 is 1.60 bits per heavy atom. The van der Waals surface area contributed by atoms with Gasteiger partial charge in [0.25, 0.3) is 0 Å². The van der Waals surface area contributed by atoms with Gasteiger partial charge in [-0.1, -0.05) is 12.1 Å². The number of hydrogen-bond acceptors (Lipinski definition) is 3. The molecule has 2 aromatic carbocycles. The van der Waals surface area contributed by atoms with Gasteiger partial charge in [0, 0.05) is 5.56 Å². The number of benzene rings is 2. The number of aryl methyl sites for hydroxylation is 2. The Labute approximate surface area is 122 Å². The lowest BCUT2D eigenvalue weighted by atomic mass is 9.95. The van der Waals surface area contributed by atoms with Crippen LogP contribution in [0.5, 0.6) is 0 Å². The number of rotatable bonds is 0. The van der Waals surface area contributed by atoms with Gasteiger partial charge in [-0.3, -0.25) is 0 Å². The summed E-state index contributed by atoms with van der Waals surface area (Å²) in [5.74, 6) is 0. The third-order valence-electron chi connectivity index (χ3n) is 4.89. The molecule has 1 heterocycles. The summed E-state index contributed by atoms with van der Waals surface area (Å²) in [6.07, 6.45) is 1.04. The van der Waals surface area contributed by atoms with Gasteiger partial charge in [-0.15, -0.1) is 0 Å². The Balaban J connectivity index is 2.18. The zero-order valence-corrected chi connectivity index (χ0v) is 13.0. The maximum absolute atomic E-state index is 4.57. The van der Waals surface area contributed by atoms with E-state index in [0.717, 1.165) is 17.5 Å². The number of hydrogen-bond donors (Lipinski definition) is 0. The molecule has 0 saturated carbocycles. The summed E-state index contributed by atoms with van der Waals surface area (Å²) in [6, 6.07) is 4.49. The van der Waals surface area contributed by atoms with Crippen LogP contribution in [0.2, 0.25) is 0 Å². The van der Waals surface area contributed by atoms with Crippen molar-refractivity contribution >= 4 is 22.8 Å². The minimum atomic E-state index is 1.04. The molecule has 0 aliphatic heterocycles. The fourth-order valence-corrected chi connectivity index (χ4v) is 3.96. The molecule has 1 aromatic heterocycles. The van der Waals surface area contributed by atoms with Gasteiger partial charge in [-0.2, -0.15) is 8.75 Å². The quantitative estimate of drug-likeness (QED) is 0.474. The highest BCUT2D eigenvalue weighted by Crippen LogP contribution is 2.45. The van der Waals surface area contributed by atoms with E-state index in [4.69, 9.17) is 0 Å². The highest BCUT2D eigenvalue weighted by atomic mass is 32.1. The van der Waals surface area contributed by atoms with Crippen LogP contribution in [0.3, 0.4) is 0 Å². The second kappa shape index (κ2) is 3.89. The Morgan fingerprint density at radius 3 is 2.40 bits per heavy atom. The van der Waals surface area contributed by atoms with E-state index in [0.29, 0.717) is 0 Å². The Kier molecular flexibility index (Phi) is 2.34. The maximum atomic E-state index is 4.57. The van der Waals surface area contributed by atoms with Gasteiger partial charge in [0.2, 0.25) is 0 Å². The van der Waals surface area contributed by atoms with E-state index in [2.05, 4.69) is 48.6 Å². The molecule has 20 heavy (non-hydrogen) atoms. The van der Waals surface area contributed by atoms with Crippen molar-refractivity contribution in [1.82, 2.24) is 8.75 Å². The average Bonchev–Trinajstić information content (AvgIpc) is 3.04. The molecule has 4 rings (SSSR count). The zero-order chi connectivity index (χ0) is 14.0. The van der Waals surface area contributed by atoms with Crippen molar-refractivity contribution in [3.05, 3.63) is 45.5 Å². The van der Waals surface area contributed by atoms with Gasteiger partial charge >= 0.3 is 0 Å². The van der Waals surface area contributed by atoms with E-state index >= 15 is 0 Å². The monoisotopic (exact) mass is 280 g/mol. The molecule has 3 aromatic rings. The number of nitrogens with zero attached hydrogens (tertiary/aromatic N) is 2. The Hall–Kier alpha value is -1.74. The van der Waals surface area contributed by atoms with E-state index < -0.39 is 0 Å². The Morgan fingerprint density at radius 1 is 0.850 bits per heavy atom.